The van der Waals surface area contributed by atoms with Gasteiger partial charge in [0.25, 0.3) is 0 Å². The van der Waals surface area contributed by atoms with Crippen LogP contribution in [0.5, 0.6) is 0 Å². The molecule has 0 amide bonds. The molecule has 7 aliphatic rings. The molecule has 4 saturated carbocycles. The number of hydrogen-bond donors (Lipinski definition) is 6. The van der Waals surface area contributed by atoms with Gasteiger partial charge in [0.15, 0.2) is 6.10 Å². The van der Waals surface area contributed by atoms with Crippen LogP contribution in [-0.4, -0.2) is 107 Å². The Bertz CT molecular complexity index is 1220. The Morgan fingerprint density at radius 3 is 2.33 bits per heavy atom. The maximum absolute atomic E-state index is 12.9. The van der Waals surface area contributed by atoms with Crippen LogP contribution in [0.3, 0.4) is 0 Å². The van der Waals surface area contributed by atoms with Crippen molar-refractivity contribution in [2.75, 3.05) is 13.1 Å². The number of allylic oxidation sites excluding steroid dienone is 1. The van der Waals surface area contributed by atoms with Crippen LogP contribution in [0.1, 0.15) is 86.0 Å². The molecule has 0 aromatic rings. The quantitative estimate of drug-likeness (QED) is 0.202. The minimum atomic E-state index is -2.06. The number of piperidine rings is 2. The molecule has 3 saturated heterocycles. The molecule has 14 atom stereocenters. The number of esters is 1. The van der Waals surface area contributed by atoms with E-state index in [1.807, 2.05) is 6.92 Å². The molecule has 10 heteroatoms. The van der Waals surface area contributed by atoms with Crippen molar-refractivity contribution < 1.29 is 44.9 Å². The monoisotopic (exact) mass is 591 g/mol. The van der Waals surface area contributed by atoms with Gasteiger partial charge in [-0.2, -0.15) is 0 Å². The molecule has 3 aliphatic heterocycles. The lowest BCUT2D eigenvalue weighted by atomic mass is 9.49. The highest BCUT2D eigenvalue weighted by Gasteiger charge is 2.88. The summed E-state index contributed by atoms with van der Waals surface area (Å²) in [6.07, 6.45) is 2.30. The first kappa shape index (κ1) is 29.6. The van der Waals surface area contributed by atoms with Crippen molar-refractivity contribution in [3.8, 4) is 0 Å². The number of ether oxygens (including phenoxy) is 2. The van der Waals surface area contributed by atoms with E-state index in [1.165, 1.54) is 0 Å². The number of aliphatic hydroxyl groups is 6. The third kappa shape index (κ3) is 3.07. The van der Waals surface area contributed by atoms with E-state index in [2.05, 4.69) is 11.8 Å². The Balaban J connectivity index is 1.32. The topological polar surface area (TPSA) is 160 Å². The molecule has 0 unspecified atom stereocenters. The first-order valence-electron chi connectivity index (χ1n) is 16.0. The number of fused-ring (bicyclic) bond motifs is 5. The molecule has 4 aliphatic carbocycles. The Labute approximate surface area is 247 Å². The van der Waals surface area contributed by atoms with E-state index in [0.29, 0.717) is 50.1 Å². The largest absolute Gasteiger partial charge is 0.453 e. The van der Waals surface area contributed by atoms with Gasteiger partial charge in [0.1, 0.15) is 22.4 Å². The molecule has 0 aromatic carbocycles. The summed E-state index contributed by atoms with van der Waals surface area (Å²) in [6.45, 7) is 10.1. The van der Waals surface area contributed by atoms with Gasteiger partial charge in [-0.1, -0.05) is 19.9 Å². The first-order chi connectivity index (χ1) is 19.5. The van der Waals surface area contributed by atoms with Crippen LogP contribution >= 0.6 is 0 Å². The molecular formula is C32H49NO9. The lowest BCUT2D eigenvalue weighted by Gasteiger charge is -2.68. The van der Waals surface area contributed by atoms with Crippen molar-refractivity contribution in [1.29, 1.82) is 0 Å². The van der Waals surface area contributed by atoms with Gasteiger partial charge in [0.2, 0.25) is 5.79 Å². The smallest absolute Gasteiger partial charge is 0.333 e. The third-order valence-electron chi connectivity index (χ3n) is 14.1. The summed E-state index contributed by atoms with van der Waals surface area (Å²) in [5.74, 6) is -4.05. The maximum Gasteiger partial charge on any atom is 0.333 e. The second-order valence-corrected chi connectivity index (χ2v) is 15.7. The highest BCUT2D eigenvalue weighted by atomic mass is 16.7. The second kappa shape index (κ2) is 8.57. The van der Waals surface area contributed by atoms with Crippen molar-refractivity contribution in [2.45, 2.75) is 138 Å². The number of nitrogens with zero attached hydrogens (tertiary/aromatic N) is 1. The van der Waals surface area contributed by atoms with Crippen LogP contribution in [-0.2, 0) is 14.3 Å². The molecule has 42 heavy (non-hydrogen) atoms. The minimum absolute atomic E-state index is 0.0606. The van der Waals surface area contributed by atoms with Crippen molar-refractivity contribution in [1.82, 2.24) is 4.90 Å². The van der Waals surface area contributed by atoms with E-state index < -0.39 is 75.1 Å². The van der Waals surface area contributed by atoms with Crippen LogP contribution in [0.25, 0.3) is 0 Å². The van der Waals surface area contributed by atoms with Gasteiger partial charge in [-0.25, -0.2) is 4.79 Å². The third-order valence-corrected chi connectivity index (χ3v) is 14.1. The fourth-order valence-electron chi connectivity index (χ4n) is 11.8. The zero-order chi connectivity index (χ0) is 30.5. The molecule has 1 spiro atoms. The lowest BCUT2D eigenvalue weighted by Crippen LogP contribution is -2.85. The zero-order valence-corrected chi connectivity index (χ0v) is 25.5. The van der Waals surface area contributed by atoms with Gasteiger partial charge in [-0.3, -0.25) is 4.90 Å². The van der Waals surface area contributed by atoms with E-state index in [4.69, 9.17) is 9.47 Å². The number of hydrogen-bond acceptors (Lipinski definition) is 10. The van der Waals surface area contributed by atoms with Crippen LogP contribution in [0.2, 0.25) is 0 Å². The summed E-state index contributed by atoms with van der Waals surface area (Å²) in [5, 5.41) is 73.9. The van der Waals surface area contributed by atoms with Gasteiger partial charge >= 0.3 is 5.97 Å². The zero-order valence-electron chi connectivity index (χ0n) is 25.5. The van der Waals surface area contributed by atoms with Gasteiger partial charge in [-0.05, 0) is 65.2 Å². The average Bonchev–Trinajstić information content (AvgIpc) is 3.09. The standard InChI is InChI=1S/C32H49NO9/c1-6-18(3)25(35)41-24-11-12-26(4)19-8-9-20-28(37)13-23(34)31(39)21(29(28,38)16-30(20,26)42-32(19,24)40)15-33-14-17(2)7-10-22(33)27(31,5)36/h6,17,19-24,34,36-40H,7-16H2,1-5H3/b18-6+/t17-,19-,20-,21-,22-,23-,24-,26-,27+,28+,29+,30+,31-,32-/m0/s1. The summed E-state index contributed by atoms with van der Waals surface area (Å²) in [6, 6.07) is -0.387. The first-order valence-corrected chi connectivity index (χ1v) is 16.0. The van der Waals surface area contributed by atoms with Crippen LogP contribution in [0, 0.1) is 29.1 Å². The van der Waals surface area contributed by atoms with E-state index in [1.54, 1.807) is 26.8 Å². The van der Waals surface area contributed by atoms with Crippen molar-refractivity contribution in [2.24, 2.45) is 29.1 Å². The van der Waals surface area contributed by atoms with Crippen LogP contribution in [0.15, 0.2) is 11.6 Å². The molecule has 7 rings (SSSR count). The number of aliphatic hydroxyl groups excluding tert-OH is 1. The Morgan fingerprint density at radius 2 is 1.64 bits per heavy atom. The number of rotatable bonds is 2. The predicted octanol–water partition coefficient (Wildman–Crippen LogP) is 0.991. The molecule has 3 heterocycles. The van der Waals surface area contributed by atoms with Crippen LogP contribution < -0.4 is 0 Å². The minimum Gasteiger partial charge on any atom is -0.453 e. The second-order valence-electron chi connectivity index (χ2n) is 15.7. The number of carbonyl (C=O) groups excluding carboxylic acids is 1. The van der Waals surface area contributed by atoms with E-state index in [9.17, 15) is 35.4 Å². The van der Waals surface area contributed by atoms with Crippen molar-refractivity contribution in [3.63, 3.8) is 0 Å². The molecule has 7 fully saturated rings. The highest BCUT2D eigenvalue weighted by molar-refractivity contribution is 5.87. The van der Waals surface area contributed by atoms with E-state index >= 15 is 0 Å². The van der Waals surface area contributed by atoms with E-state index in [-0.39, 0.29) is 25.4 Å². The molecular weight excluding hydrogens is 542 g/mol. The van der Waals surface area contributed by atoms with Gasteiger partial charge in [0.05, 0.1) is 11.7 Å². The Morgan fingerprint density at radius 1 is 0.952 bits per heavy atom. The summed E-state index contributed by atoms with van der Waals surface area (Å²) >= 11 is 0. The van der Waals surface area contributed by atoms with Crippen molar-refractivity contribution >= 4 is 5.97 Å². The summed E-state index contributed by atoms with van der Waals surface area (Å²) < 4.78 is 12.6. The maximum atomic E-state index is 12.9. The number of carbonyl (C=O) groups is 1. The lowest BCUT2D eigenvalue weighted by molar-refractivity contribution is -0.354. The average molecular weight is 592 g/mol. The Kier molecular flexibility index (Phi) is 6.04. The molecule has 4 bridgehead atoms. The van der Waals surface area contributed by atoms with Crippen LogP contribution in [0.4, 0.5) is 0 Å². The normalized spacial score (nSPS) is 60.3. The molecule has 0 aromatic heterocycles. The highest BCUT2D eigenvalue weighted by Crippen LogP contribution is 2.78. The summed E-state index contributed by atoms with van der Waals surface area (Å²) in [4.78, 5) is 14.9. The fourth-order valence-corrected chi connectivity index (χ4v) is 11.8. The SMILES string of the molecule is C/C=C(\C)C(=O)O[C@H]1CC[C@@]2(C)[C@@H]3CC[C@H]4[C@]5(O)C[C@H](O)[C@@]6(O)[C@@H](CN7C[C@@H](C)CC[C@H]7[C@@]6(C)O)[C@]5(O)C[C@@]42O[C@]13O. The molecule has 10 nitrogen and oxygen atoms in total. The Hall–Kier alpha value is -1.11. The molecule has 6 N–H and O–H groups in total. The van der Waals surface area contributed by atoms with Gasteiger partial charge in [0, 0.05) is 60.7 Å². The molecule has 236 valence electrons. The van der Waals surface area contributed by atoms with Gasteiger partial charge in [-0.15, -0.1) is 0 Å². The van der Waals surface area contributed by atoms with Crippen molar-refractivity contribution in [3.05, 3.63) is 11.6 Å². The summed E-state index contributed by atoms with van der Waals surface area (Å²) in [5.41, 5.74) is -8.96. The summed E-state index contributed by atoms with van der Waals surface area (Å²) in [7, 11) is 0. The predicted molar refractivity (Wildman–Crippen MR) is 150 cm³/mol. The fraction of sp³-hybridized carbons (Fsp3) is 0.906. The molecule has 0 radical (unpaired) electrons. The van der Waals surface area contributed by atoms with E-state index in [0.717, 1.165) is 6.42 Å². The van der Waals surface area contributed by atoms with Gasteiger partial charge < -0.3 is 40.1 Å².